The molecule has 0 aromatic carbocycles. The Bertz CT molecular complexity index is 649. The zero-order valence-corrected chi connectivity index (χ0v) is 14.5. The van der Waals surface area contributed by atoms with Gasteiger partial charge in [0.05, 0.1) is 22.9 Å². The average Bonchev–Trinajstić information content (AvgIpc) is 3.10. The maximum absolute atomic E-state index is 5.84. The minimum absolute atomic E-state index is 0.418. The van der Waals surface area contributed by atoms with Crippen molar-refractivity contribution in [1.82, 2.24) is 19.7 Å². The van der Waals surface area contributed by atoms with Crippen molar-refractivity contribution in [3.63, 3.8) is 0 Å². The first kappa shape index (κ1) is 15.3. The predicted molar refractivity (Wildman–Crippen MR) is 90.4 cm³/mol. The van der Waals surface area contributed by atoms with Crippen LogP contribution >= 0.6 is 11.3 Å². The predicted octanol–water partition coefficient (Wildman–Crippen LogP) is 3.02. The molecule has 6 heteroatoms. The third-order valence-electron chi connectivity index (χ3n) is 4.81. The third-order valence-corrected chi connectivity index (χ3v) is 5.73. The molecule has 0 amide bonds. The maximum atomic E-state index is 5.84. The number of aromatic nitrogens is 3. The summed E-state index contributed by atoms with van der Waals surface area (Å²) in [7, 11) is 0. The number of aryl methyl sites for hydroxylation is 1. The van der Waals surface area contributed by atoms with E-state index < -0.39 is 0 Å². The van der Waals surface area contributed by atoms with E-state index in [-0.39, 0.29) is 0 Å². The van der Waals surface area contributed by atoms with Crippen LogP contribution in [0.4, 0.5) is 0 Å². The van der Waals surface area contributed by atoms with Crippen molar-refractivity contribution < 1.29 is 4.74 Å². The van der Waals surface area contributed by atoms with E-state index in [1.54, 1.807) is 11.3 Å². The molecule has 4 rings (SSSR count). The second-order valence-electron chi connectivity index (χ2n) is 6.76. The van der Waals surface area contributed by atoms with Crippen molar-refractivity contribution in [2.45, 2.75) is 45.3 Å². The van der Waals surface area contributed by atoms with Crippen LogP contribution in [0.3, 0.4) is 0 Å². The summed E-state index contributed by atoms with van der Waals surface area (Å²) in [4.78, 5) is 8.27. The molecule has 0 saturated heterocycles. The number of hydrogen-bond acceptors (Lipinski definition) is 5. The van der Waals surface area contributed by atoms with Crippen LogP contribution in [-0.2, 0) is 17.8 Å². The summed E-state index contributed by atoms with van der Waals surface area (Å²) in [5.74, 6) is 0.840. The van der Waals surface area contributed by atoms with Gasteiger partial charge in [0.25, 0.3) is 0 Å². The SMILES string of the molecule is Cc1ncsc1CN1Cc2ccnn2[C@@H](CCOCC2CC2)C1. The number of nitrogens with zero attached hydrogens (tertiary/aromatic N) is 4. The highest BCUT2D eigenvalue weighted by Crippen LogP contribution is 2.29. The molecule has 2 aliphatic rings. The summed E-state index contributed by atoms with van der Waals surface area (Å²) in [6, 6.07) is 2.56. The van der Waals surface area contributed by atoms with Gasteiger partial charge in [0.1, 0.15) is 0 Å². The molecular formula is C17H24N4OS. The molecule has 1 saturated carbocycles. The van der Waals surface area contributed by atoms with Gasteiger partial charge in [0.15, 0.2) is 0 Å². The Balaban J connectivity index is 1.38. The molecule has 2 aromatic rings. The van der Waals surface area contributed by atoms with Gasteiger partial charge in [-0.2, -0.15) is 5.10 Å². The molecule has 5 nitrogen and oxygen atoms in total. The normalized spacial score (nSPS) is 21.5. The molecule has 3 heterocycles. The van der Waals surface area contributed by atoms with Crippen LogP contribution < -0.4 is 0 Å². The smallest absolute Gasteiger partial charge is 0.0798 e. The average molecular weight is 332 g/mol. The van der Waals surface area contributed by atoms with Gasteiger partial charge in [0, 0.05) is 43.9 Å². The summed E-state index contributed by atoms with van der Waals surface area (Å²) in [6.45, 7) is 6.89. The van der Waals surface area contributed by atoms with Crippen LogP contribution in [-0.4, -0.2) is 39.4 Å². The monoisotopic (exact) mass is 332 g/mol. The molecule has 1 aliphatic heterocycles. The third kappa shape index (κ3) is 3.65. The molecule has 1 fully saturated rings. The van der Waals surface area contributed by atoms with Crippen LogP contribution in [0.15, 0.2) is 17.8 Å². The molecule has 124 valence electrons. The molecule has 0 bridgehead atoms. The Morgan fingerprint density at radius 1 is 1.39 bits per heavy atom. The standard InChI is InChI=1S/C17H24N4OS/c1-13-17(23-12-18-13)10-20-8-15-4-6-19-21(15)16(9-20)5-7-22-11-14-2-3-14/h4,6,12,14,16H,2-3,5,7-11H2,1H3/t16-/m0/s1. The Morgan fingerprint density at radius 2 is 2.30 bits per heavy atom. The van der Waals surface area contributed by atoms with Crippen LogP contribution in [0.5, 0.6) is 0 Å². The van der Waals surface area contributed by atoms with Crippen molar-refractivity contribution in [2.75, 3.05) is 19.8 Å². The summed E-state index contributed by atoms with van der Waals surface area (Å²) in [5, 5.41) is 4.54. The first-order valence-electron chi connectivity index (χ1n) is 8.51. The highest BCUT2D eigenvalue weighted by atomic mass is 32.1. The van der Waals surface area contributed by atoms with Crippen LogP contribution in [0.1, 0.15) is 41.6 Å². The van der Waals surface area contributed by atoms with E-state index in [1.807, 2.05) is 11.7 Å². The summed E-state index contributed by atoms with van der Waals surface area (Å²) >= 11 is 1.76. The van der Waals surface area contributed by atoms with Gasteiger partial charge in [-0.15, -0.1) is 11.3 Å². The second-order valence-corrected chi connectivity index (χ2v) is 7.70. The van der Waals surface area contributed by atoms with E-state index >= 15 is 0 Å². The number of thiazole rings is 1. The van der Waals surface area contributed by atoms with Gasteiger partial charge in [-0.25, -0.2) is 4.98 Å². The van der Waals surface area contributed by atoms with Crippen molar-refractivity contribution in [1.29, 1.82) is 0 Å². The highest BCUT2D eigenvalue weighted by Gasteiger charge is 2.26. The fraction of sp³-hybridized carbons (Fsp3) is 0.647. The topological polar surface area (TPSA) is 43.2 Å². The van der Waals surface area contributed by atoms with Gasteiger partial charge < -0.3 is 4.74 Å². The lowest BCUT2D eigenvalue weighted by molar-refractivity contribution is 0.0907. The van der Waals surface area contributed by atoms with Crippen LogP contribution in [0.2, 0.25) is 0 Å². The lowest BCUT2D eigenvalue weighted by atomic mass is 10.1. The molecule has 0 N–H and O–H groups in total. The van der Waals surface area contributed by atoms with Gasteiger partial charge in [-0.05, 0) is 38.2 Å². The van der Waals surface area contributed by atoms with Crippen molar-refractivity contribution in [2.24, 2.45) is 5.92 Å². The van der Waals surface area contributed by atoms with E-state index in [0.717, 1.165) is 45.2 Å². The molecule has 2 aromatic heterocycles. The second kappa shape index (κ2) is 6.71. The van der Waals surface area contributed by atoms with E-state index in [2.05, 4.69) is 32.7 Å². The fourth-order valence-electron chi connectivity index (χ4n) is 3.23. The van der Waals surface area contributed by atoms with E-state index in [1.165, 1.54) is 29.1 Å². The highest BCUT2D eigenvalue weighted by molar-refractivity contribution is 7.09. The van der Waals surface area contributed by atoms with Crippen molar-refractivity contribution in [3.05, 3.63) is 34.0 Å². The maximum Gasteiger partial charge on any atom is 0.0798 e. The van der Waals surface area contributed by atoms with Crippen molar-refractivity contribution >= 4 is 11.3 Å². The molecule has 23 heavy (non-hydrogen) atoms. The lowest BCUT2D eigenvalue weighted by Crippen LogP contribution is -2.37. The largest absolute Gasteiger partial charge is 0.381 e. The molecule has 1 atom stereocenters. The Hall–Kier alpha value is -1.24. The van der Waals surface area contributed by atoms with Crippen molar-refractivity contribution in [3.8, 4) is 0 Å². The van der Waals surface area contributed by atoms with Gasteiger partial charge >= 0.3 is 0 Å². The van der Waals surface area contributed by atoms with E-state index in [0.29, 0.717) is 6.04 Å². The first-order chi connectivity index (χ1) is 11.3. The molecule has 0 spiro atoms. The zero-order chi connectivity index (χ0) is 15.6. The van der Waals surface area contributed by atoms with Gasteiger partial charge in [-0.1, -0.05) is 0 Å². The lowest BCUT2D eigenvalue weighted by Gasteiger charge is -2.33. The summed E-state index contributed by atoms with van der Waals surface area (Å²) < 4.78 is 8.05. The fourth-order valence-corrected chi connectivity index (χ4v) is 4.05. The number of fused-ring (bicyclic) bond motifs is 1. The minimum atomic E-state index is 0.418. The molecule has 0 unspecified atom stereocenters. The van der Waals surface area contributed by atoms with E-state index in [9.17, 15) is 0 Å². The van der Waals surface area contributed by atoms with Crippen LogP contribution in [0.25, 0.3) is 0 Å². The zero-order valence-electron chi connectivity index (χ0n) is 13.6. The van der Waals surface area contributed by atoms with Crippen LogP contribution in [0, 0.1) is 12.8 Å². The number of rotatable bonds is 7. The Kier molecular flexibility index (Phi) is 4.46. The molecule has 1 aliphatic carbocycles. The van der Waals surface area contributed by atoms with Gasteiger partial charge in [-0.3, -0.25) is 9.58 Å². The summed E-state index contributed by atoms with van der Waals surface area (Å²) in [5.41, 5.74) is 4.42. The number of hydrogen-bond donors (Lipinski definition) is 0. The quantitative estimate of drug-likeness (QED) is 0.731. The molecule has 0 radical (unpaired) electrons. The Morgan fingerprint density at radius 3 is 3.09 bits per heavy atom. The Labute approximate surface area is 141 Å². The molecular weight excluding hydrogens is 308 g/mol. The number of ether oxygens (including phenoxy) is 1. The summed E-state index contributed by atoms with van der Waals surface area (Å²) in [6.07, 6.45) is 5.68. The van der Waals surface area contributed by atoms with Gasteiger partial charge in [0.2, 0.25) is 0 Å². The minimum Gasteiger partial charge on any atom is -0.381 e. The van der Waals surface area contributed by atoms with E-state index in [4.69, 9.17) is 4.74 Å². The first-order valence-corrected chi connectivity index (χ1v) is 9.39.